The average Bonchev–Trinajstić information content (AvgIpc) is 3.92. The van der Waals surface area contributed by atoms with Gasteiger partial charge in [-0.1, -0.05) is 67.3 Å². The van der Waals surface area contributed by atoms with E-state index in [1.165, 1.54) is 5.57 Å². The maximum absolute atomic E-state index is 11.9. The van der Waals surface area contributed by atoms with Gasteiger partial charge >= 0.3 is 0 Å². The second-order valence-electron chi connectivity index (χ2n) is 14.7. The molecule has 7 atom stereocenters. The molecule has 1 saturated heterocycles. The van der Waals surface area contributed by atoms with Crippen LogP contribution in [0.3, 0.4) is 0 Å². The Morgan fingerprint density at radius 3 is 2.46 bits per heavy atom. The van der Waals surface area contributed by atoms with Crippen molar-refractivity contribution in [3.63, 3.8) is 0 Å². The number of benzene rings is 1. The van der Waals surface area contributed by atoms with E-state index in [4.69, 9.17) is 11.2 Å². The van der Waals surface area contributed by atoms with E-state index >= 15 is 0 Å². The molecule has 1 N–H and O–H groups in total. The van der Waals surface area contributed by atoms with Crippen molar-refractivity contribution in [1.29, 1.82) is 0 Å². The number of carbonyl (C=O) groups excluding carboxylic acids is 1. The van der Waals surface area contributed by atoms with Gasteiger partial charge in [-0.25, -0.2) is 0 Å². The topological polar surface area (TPSA) is 75.2 Å². The van der Waals surface area contributed by atoms with Crippen LogP contribution in [0.15, 0.2) is 65.9 Å². The summed E-state index contributed by atoms with van der Waals surface area (Å²) in [4.78, 5) is 18.5. The molecule has 7 rings (SSSR count). The fraction of sp³-hybridized carbons (Fsp3) is 0.600. The number of hydrogen-bond acceptors (Lipinski definition) is 6. The van der Waals surface area contributed by atoms with Crippen LogP contribution in [-0.2, 0) is 19.9 Å². The number of likely N-dealkylation sites (N-methyl/N-ethyl adjacent to an activating group) is 1. The third-order valence-electron chi connectivity index (χ3n) is 11.5. The first kappa shape index (κ1) is 34.5. The highest BCUT2D eigenvalue weighted by Crippen LogP contribution is 2.65. The SMILES string of the molecule is C#C[C@]1(O)CC[C@H]2[C@@H]3[C@H](C)CC4=C(CCC(=O)C4)[C@H]3CC[C@@]21C.C1CO1.CN(C)CCOC(C)(c1ccccc1)c1ccccn1. The van der Waals surface area contributed by atoms with Crippen LogP contribution >= 0.6 is 0 Å². The summed E-state index contributed by atoms with van der Waals surface area (Å²) in [6.45, 7) is 10.2. The first-order chi connectivity index (χ1) is 22.0. The quantitative estimate of drug-likeness (QED) is 0.216. The molecular formula is C40H54N2O4. The molecule has 1 unspecified atom stereocenters. The van der Waals surface area contributed by atoms with Crippen molar-refractivity contribution in [1.82, 2.24) is 9.88 Å². The second-order valence-corrected chi connectivity index (χ2v) is 14.7. The zero-order valence-corrected chi connectivity index (χ0v) is 28.6. The zero-order chi connectivity index (χ0) is 33.0. The predicted octanol–water partition coefficient (Wildman–Crippen LogP) is 6.82. The van der Waals surface area contributed by atoms with Crippen molar-refractivity contribution in [3.8, 4) is 12.3 Å². The monoisotopic (exact) mass is 626 g/mol. The highest BCUT2D eigenvalue weighted by molar-refractivity contribution is 5.82. The molecule has 3 fully saturated rings. The Morgan fingerprint density at radius 1 is 1.11 bits per heavy atom. The lowest BCUT2D eigenvalue weighted by Crippen LogP contribution is -2.52. The summed E-state index contributed by atoms with van der Waals surface area (Å²) < 4.78 is 10.7. The van der Waals surface area contributed by atoms with Crippen LogP contribution in [0.25, 0.3) is 0 Å². The molecule has 2 heterocycles. The molecule has 0 amide bonds. The van der Waals surface area contributed by atoms with Gasteiger partial charge in [-0.2, -0.15) is 0 Å². The van der Waals surface area contributed by atoms with Crippen molar-refractivity contribution in [2.45, 2.75) is 83.3 Å². The van der Waals surface area contributed by atoms with Gasteiger partial charge in [0.25, 0.3) is 0 Å². The maximum Gasteiger partial charge on any atom is 0.137 e. The van der Waals surface area contributed by atoms with Gasteiger partial charge in [0.2, 0.25) is 0 Å². The van der Waals surface area contributed by atoms with E-state index in [-0.39, 0.29) is 5.41 Å². The minimum absolute atomic E-state index is 0.125. The van der Waals surface area contributed by atoms with Crippen molar-refractivity contribution in [3.05, 3.63) is 77.1 Å². The number of hydrogen-bond donors (Lipinski definition) is 1. The number of terminal acetylenes is 1. The zero-order valence-electron chi connectivity index (χ0n) is 28.6. The molecule has 0 spiro atoms. The Hall–Kier alpha value is -2.82. The van der Waals surface area contributed by atoms with E-state index in [0.717, 1.165) is 76.0 Å². The maximum atomic E-state index is 11.9. The molecule has 0 bridgehead atoms. The summed E-state index contributed by atoms with van der Waals surface area (Å²) in [5, 5.41) is 11.0. The lowest BCUT2D eigenvalue weighted by atomic mass is 9.50. The molecule has 6 heteroatoms. The number of Topliss-reactive ketones (excluding diaryl/α,β-unsaturated/α-hetero) is 1. The highest BCUT2D eigenvalue weighted by Gasteiger charge is 2.62. The van der Waals surface area contributed by atoms with Crippen LogP contribution in [0.1, 0.15) is 83.4 Å². The Balaban J connectivity index is 0.000000167. The van der Waals surface area contributed by atoms with Gasteiger partial charge < -0.3 is 19.5 Å². The van der Waals surface area contributed by atoms with Crippen molar-refractivity contribution in [2.24, 2.45) is 29.1 Å². The van der Waals surface area contributed by atoms with Crippen molar-refractivity contribution in [2.75, 3.05) is 40.5 Å². The minimum atomic E-state index is -0.917. The van der Waals surface area contributed by atoms with Crippen LogP contribution < -0.4 is 0 Å². The van der Waals surface area contributed by atoms with Gasteiger partial charge in [0.1, 0.15) is 17.0 Å². The first-order valence-corrected chi connectivity index (χ1v) is 17.3. The van der Waals surface area contributed by atoms with Crippen LogP contribution in [0.5, 0.6) is 0 Å². The number of nitrogens with zero attached hydrogens (tertiary/aromatic N) is 2. The summed E-state index contributed by atoms with van der Waals surface area (Å²) in [5.41, 5.74) is 3.58. The van der Waals surface area contributed by atoms with E-state index in [0.29, 0.717) is 42.5 Å². The number of aliphatic hydroxyl groups is 1. The minimum Gasteiger partial charge on any atom is -0.377 e. The lowest BCUT2D eigenvalue weighted by molar-refractivity contribution is -0.119. The molecule has 2 saturated carbocycles. The van der Waals surface area contributed by atoms with Gasteiger partial charge in [-0.15, -0.1) is 6.42 Å². The van der Waals surface area contributed by atoms with Crippen LogP contribution in [0, 0.1) is 41.4 Å². The molecule has 1 aromatic carbocycles. The van der Waals surface area contributed by atoms with E-state index in [9.17, 15) is 9.90 Å². The lowest BCUT2D eigenvalue weighted by Gasteiger charge is -2.55. The molecule has 4 aliphatic carbocycles. The smallest absolute Gasteiger partial charge is 0.137 e. The van der Waals surface area contributed by atoms with Crippen molar-refractivity contribution >= 4 is 5.78 Å². The standard InChI is InChI=1S/C21H28O2.C17H22N2O.C2H4O/c1-4-21(23)10-8-18-19-13(2)11-14-12-15(22)5-6-16(14)17(19)7-9-20(18,21)3;1-17(20-14-13-19(2)3,15-9-5-4-6-10-15)16-11-7-8-12-18-16;1-2-3-1/h1,13,17-19,23H,5-12H2,2-3H3;4-12H,13-14H2,1-3H3;1-2H2/t13-,17-,18+,19-,20+,21+;;/m1../s1. The molecule has 1 aromatic heterocycles. The third-order valence-corrected chi connectivity index (χ3v) is 11.5. The molecule has 46 heavy (non-hydrogen) atoms. The van der Waals surface area contributed by atoms with E-state index in [1.807, 2.05) is 56.7 Å². The number of carbonyl (C=O) groups is 1. The number of fused-ring (bicyclic) bond motifs is 4. The van der Waals surface area contributed by atoms with E-state index in [2.05, 4.69) is 53.4 Å². The predicted molar refractivity (Wildman–Crippen MR) is 183 cm³/mol. The molecule has 5 aliphatic rings. The fourth-order valence-electron chi connectivity index (χ4n) is 8.85. The molecule has 248 valence electrons. The van der Waals surface area contributed by atoms with Gasteiger partial charge in [0.05, 0.1) is 25.5 Å². The summed E-state index contributed by atoms with van der Waals surface area (Å²) in [7, 11) is 4.09. The number of ketones is 1. The van der Waals surface area contributed by atoms with Gasteiger partial charge in [-0.05, 0) is 101 Å². The molecule has 6 nitrogen and oxygen atoms in total. The molecule has 0 radical (unpaired) electrons. The average molecular weight is 627 g/mol. The molecule has 1 aliphatic heterocycles. The second kappa shape index (κ2) is 14.5. The molecular weight excluding hydrogens is 572 g/mol. The van der Waals surface area contributed by atoms with Crippen LogP contribution in [0.4, 0.5) is 0 Å². The number of rotatable bonds is 6. The number of pyridine rings is 1. The Kier molecular flexibility index (Phi) is 10.9. The third kappa shape index (κ3) is 7.19. The summed E-state index contributed by atoms with van der Waals surface area (Å²) in [5.74, 6) is 5.60. The van der Waals surface area contributed by atoms with Gasteiger partial charge in [-0.3, -0.25) is 9.78 Å². The Bertz CT molecular complexity index is 1360. The Morgan fingerprint density at radius 2 is 1.83 bits per heavy atom. The number of aromatic nitrogens is 1. The summed E-state index contributed by atoms with van der Waals surface area (Å²) in [6, 6.07) is 16.2. The molecule has 2 aromatic rings. The van der Waals surface area contributed by atoms with Crippen LogP contribution in [0.2, 0.25) is 0 Å². The number of ether oxygens (including phenoxy) is 2. The van der Waals surface area contributed by atoms with Gasteiger partial charge in [0, 0.05) is 31.0 Å². The summed E-state index contributed by atoms with van der Waals surface area (Å²) in [6.07, 6.45) is 15.1. The largest absolute Gasteiger partial charge is 0.377 e. The highest BCUT2D eigenvalue weighted by atomic mass is 16.6. The normalized spacial score (nSPS) is 32.3. The van der Waals surface area contributed by atoms with E-state index < -0.39 is 11.2 Å². The summed E-state index contributed by atoms with van der Waals surface area (Å²) >= 11 is 0. The number of epoxide rings is 1. The Labute approximate surface area is 277 Å². The van der Waals surface area contributed by atoms with Gasteiger partial charge in [0.15, 0.2) is 0 Å². The fourth-order valence-corrected chi connectivity index (χ4v) is 8.85. The van der Waals surface area contributed by atoms with E-state index in [1.54, 1.807) is 5.57 Å². The van der Waals surface area contributed by atoms with Crippen LogP contribution in [-0.4, -0.2) is 66.8 Å². The number of allylic oxidation sites excluding steroid dienone is 2. The first-order valence-electron chi connectivity index (χ1n) is 17.3. The van der Waals surface area contributed by atoms with Crippen molar-refractivity contribution < 1.29 is 19.4 Å².